The first kappa shape index (κ1) is 16.6. The molecule has 2 heterocycles. The van der Waals surface area contributed by atoms with E-state index in [9.17, 15) is 9.18 Å². The van der Waals surface area contributed by atoms with Gasteiger partial charge in [0, 0.05) is 37.4 Å². The smallest absolute Gasteiger partial charge is 0.217 e. The Labute approximate surface area is 141 Å². The summed E-state index contributed by atoms with van der Waals surface area (Å²) >= 11 is 0. The fourth-order valence-electron chi connectivity index (χ4n) is 3.48. The Balaban J connectivity index is 1.79. The molecule has 1 aromatic heterocycles. The Bertz CT molecular complexity index is 656. The van der Waals surface area contributed by atoms with Gasteiger partial charge < -0.3 is 5.32 Å². The quantitative estimate of drug-likeness (QED) is 0.884. The first-order valence-electron chi connectivity index (χ1n) is 8.35. The van der Waals surface area contributed by atoms with Crippen molar-refractivity contribution in [2.45, 2.75) is 44.8 Å². The Kier molecular flexibility index (Phi) is 5.25. The van der Waals surface area contributed by atoms with E-state index in [1.54, 1.807) is 13.1 Å². The zero-order chi connectivity index (χ0) is 16.9. The highest BCUT2D eigenvalue weighted by Crippen LogP contribution is 2.23. The minimum absolute atomic E-state index is 0.00695. The van der Waals surface area contributed by atoms with Gasteiger partial charge in [0.2, 0.25) is 5.91 Å². The third-order valence-corrected chi connectivity index (χ3v) is 4.57. The third-order valence-electron chi connectivity index (χ3n) is 4.57. The number of aromatic amines is 1. The summed E-state index contributed by atoms with van der Waals surface area (Å²) in [6.07, 6.45) is 4.53. The number of piperidine rings is 1. The predicted molar refractivity (Wildman–Crippen MR) is 89.7 cm³/mol. The van der Waals surface area contributed by atoms with E-state index in [1.807, 2.05) is 18.2 Å². The molecule has 0 unspecified atom stereocenters. The molecule has 1 aliphatic rings. The van der Waals surface area contributed by atoms with E-state index in [-0.39, 0.29) is 23.8 Å². The van der Waals surface area contributed by atoms with Crippen LogP contribution in [0.1, 0.15) is 31.0 Å². The number of carbonyl (C=O) groups is 1. The molecule has 1 saturated heterocycles. The lowest BCUT2D eigenvalue weighted by Crippen LogP contribution is -2.55. The van der Waals surface area contributed by atoms with Crippen molar-refractivity contribution in [3.05, 3.63) is 53.6 Å². The van der Waals surface area contributed by atoms with Crippen LogP contribution in [0.3, 0.4) is 0 Å². The summed E-state index contributed by atoms with van der Waals surface area (Å²) in [4.78, 5) is 14.0. The summed E-state index contributed by atoms with van der Waals surface area (Å²) in [6.45, 7) is 3.30. The third kappa shape index (κ3) is 4.20. The molecule has 1 aromatic carbocycles. The van der Waals surface area contributed by atoms with E-state index in [4.69, 9.17) is 0 Å². The molecule has 0 saturated carbocycles. The van der Waals surface area contributed by atoms with E-state index in [0.717, 1.165) is 43.6 Å². The van der Waals surface area contributed by atoms with Crippen LogP contribution in [0.15, 0.2) is 36.5 Å². The standard InChI is InChI=1S/C18H23FN4O/c1-13(24)21-17-3-2-10-23(12-16-8-9-20-22-16)18(17)11-14-4-6-15(19)7-5-14/h4-9,17-18H,2-3,10-12H2,1H3,(H,20,22)(H,21,24)/t17-,18-/m0/s1. The van der Waals surface area contributed by atoms with Gasteiger partial charge in [-0.2, -0.15) is 5.10 Å². The molecule has 1 fully saturated rings. The van der Waals surface area contributed by atoms with E-state index in [1.165, 1.54) is 12.1 Å². The number of amides is 1. The highest BCUT2D eigenvalue weighted by molar-refractivity contribution is 5.73. The van der Waals surface area contributed by atoms with Crippen LogP contribution < -0.4 is 5.32 Å². The summed E-state index contributed by atoms with van der Waals surface area (Å²) in [5.41, 5.74) is 2.14. The highest BCUT2D eigenvalue weighted by atomic mass is 19.1. The van der Waals surface area contributed by atoms with Gasteiger partial charge in [0.05, 0.1) is 0 Å². The number of hydrogen-bond donors (Lipinski definition) is 2. The lowest BCUT2D eigenvalue weighted by molar-refractivity contribution is -0.120. The second-order valence-corrected chi connectivity index (χ2v) is 6.40. The number of nitrogens with zero attached hydrogens (tertiary/aromatic N) is 2. The largest absolute Gasteiger partial charge is 0.352 e. The van der Waals surface area contributed by atoms with Crippen molar-refractivity contribution in [1.82, 2.24) is 20.4 Å². The molecule has 5 nitrogen and oxygen atoms in total. The van der Waals surface area contributed by atoms with Crippen LogP contribution in [0, 0.1) is 5.82 Å². The van der Waals surface area contributed by atoms with Gasteiger partial charge in [0.1, 0.15) is 5.82 Å². The Morgan fingerprint density at radius 1 is 1.38 bits per heavy atom. The molecule has 0 aliphatic carbocycles. The van der Waals surface area contributed by atoms with Gasteiger partial charge in [-0.3, -0.25) is 14.8 Å². The van der Waals surface area contributed by atoms with Crippen LogP contribution in [-0.4, -0.2) is 39.6 Å². The Hall–Kier alpha value is -2.21. The second-order valence-electron chi connectivity index (χ2n) is 6.40. The molecule has 2 N–H and O–H groups in total. The van der Waals surface area contributed by atoms with Crippen LogP contribution in [-0.2, 0) is 17.8 Å². The van der Waals surface area contributed by atoms with E-state index in [2.05, 4.69) is 20.4 Å². The number of likely N-dealkylation sites (tertiary alicyclic amines) is 1. The van der Waals surface area contributed by atoms with Crippen molar-refractivity contribution in [2.75, 3.05) is 6.54 Å². The van der Waals surface area contributed by atoms with Crippen molar-refractivity contribution in [3.63, 3.8) is 0 Å². The molecule has 1 aliphatic heterocycles. The number of aromatic nitrogens is 2. The molecule has 2 aromatic rings. The SMILES string of the molecule is CC(=O)N[C@H]1CCCN(Cc2ccn[nH]2)[C@H]1Cc1ccc(F)cc1. The predicted octanol–water partition coefficient (Wildman–Crippen LogP) is 2.26. The average molecular weight is 330 g/mol. The topological polar surface area (TPSA) is 61.0 Å². The van der Waals surface area contributed by atoms with Crippen LogP contribution in [0.2, 0.25) is 0 Å². The maximum atomic E-state index is 13.2. The molecule has 2 atom stereocenters. The highest BCUT2D eigenvalue weighted by Gasteiger charge is 2.32. The zero-order valence-electron chi connectivity index (χ0n) is 13.8. The maximum Gasteiger partial charge on any atom is 0.217 e. The molecular weight excluding hydrogens is 307 g/mol. The van der Waals surface area contributed by atoms with Crippen molar-refractivity contribution in [3.8, 4) is 0 Å². The molecule has 0 bridgehead atoms. The number of H-pyrrole nitrogens is 1. The maximum absolute atomic E-state index is 13.2. The second kappa shape index (κ2) is 7.57. The van der Waals surface area contributed by atoms with Gasteiger partial charge >= 0.3 is 0 Å². The first-order chi connectivity index (χ1) is 11.6. The van der Waals surface area contributed by atoms with Gasteiger partial charge in [-0.15, -0.1) is 0 Å². The van der Waals surface area contributed by atoms with Crippen LogP contribution in [0.5, 0.6) is 0 Å². The number of nitrogens with one attached hydrogen (secondary N) is 2. The number of carbonyl (C=O) groups excluding carboxylic acids is 1. The Morgan fingerprint density at radius 3 is 2.83 bits per heavy atom. The number of halogens is 1. The fourth-order valence-corrected chi connectivity index (χ4v) is 3.48. The van der Waals surface area contributed by atoms with E-state index in [0.29, 0.717) is 0 Å². The van der Waals surface area contributed by atoms with Crippen molar-refractivity contribution in [1.29, 1.82) is 0 Å². The van der Waals surface area contributed by atoms with E-state index >= 15 is 0 Å². The average Bonchev–Trinajstić information content (AvgIpc) is 3.05. The van der Waals surface area contributed by atoms with Crippen molar-refractivity contribution in [2.24, 2.45) is 0 Å². The molecule has 128 valence electrons. The first-order valence-corrected chi connectivity index (χ1v) is 8.35. The van der Waals surface area contributed by atoms with Crippen LogP contribution in [0.4, 0.5) is 4.39 Å². The fraction of sp³-hybridized carbons (Fsp3) is 0.444. The molecule has 3 rings (SSSR count). The van der Waals surface area contributed by atoms with Crippen molar-refractivity contribution < 1.29 is 9.18 Å². The molecular formula is C18H23FN4O. The van der Waals surface area contributed by atoms with Crippen molar-refractivity contribution >= 4 is 5.91 Å². The van der Waals surface area contributed by atoms with Gasteiger partial charge in [-0.05, 0) is 49.6 Å². The summed E-state index contributed by atoms with van der Waals surface area (Å²) in [6, 6.07) is 8.87. The number of hydrogen-bond acceptors (Lipinski definition) is 3. The van der Waals surface area contributed by atoms with Gasteiger partial charge in [-0.1, -0.05) is 12.1 Å². The normalized spacial score (nSPS) is 21.6. The summed E-state index contributed by atoms with van der Waals surface area (Å²) in [5, 5.41) is 10.1. The van der Waals surface area contributed by atoms with Crippen LogP contribution >= 0.6 is 0 Å². The number of rotatable bonds is 5. The lowest BCUT2D eigenvalue weighted by atomic mass is 9.90. The minimum atomic E-state index is -0.227. The van der Waals surface area contributed by atoms with Gasteiger partial charge in [0.25, 0.3) is 0 Å². The molecule has 0 spiro atoms. The van der Waals surface area contributed by atoms with Gasteiger partial charge in [-0.25, -0.2) is 4.39 Å². The zero-order valence-corrected chi connectivity index (χ0v) is 13.8. The van der Waals surface area contributed by atoms with E-state index < -0.39 is 0 Å². The minimum Gasteiger partial charge on any atom is -0.352 e. The van der Waals surface area contributed by atoms with Gasteiger partial charge in [0.15, 0.2) is 0 Å². The molecule has 6 heteroatoms. The summed E-state index contributed by atoms with van der Waals surface area (Å²) < 4.78 is 13.2. The summed E-state index contributed by atoms with van der Waals surface area (Å²) in [7, 11) is 0. The Morgan fingerprint density at radius 2 is 2.17 bits per heavy atom. The lowest BCUT2D eigenvalue weighted by Gasteiger charge is -2.41. The van der Waals surface area contributed by atoms with Crippen LogP contribution in [0.25, 0.3) is 0 Å². The molecule has 1 amide bonds. The number of benzene rings is 1. The molecule has 24 heavy (non-hydrogen) atoms. The monoisotopic (exact) mass is 330 g/mol. The molecule has 0 radical (unpaired) electrons. The summed E-state index contributed by atoms with van der Waals surface area (Å²) in [5.74, 6) is -0.234.